The van der Waals surface area contributed by atoms with Crippen molar-refractivity contribution >= 4 is 22.7 Å². The lowest BCUT2D eigenvalue weighted by molar-refractivity contribution is -0.384. The highest BCUT2D eigenvalue weighted by Crippen LogP contribution is 2.39. The third kappa shape index (κ3) is 3.94. The minimum absolute atomic E-state index is 0.0662. The standard InChI is InChI=1S/C23H24FN3O2S/c1-15-6-5-9-21(16(15)2)26-22(17-10-12-18(13-11-17)27(28)29)14-30-23(26)25-20-8-4-3-7-19(20)24/h3-4,7-8,10-16,21H,5-6,9H2,1-2H3. The first-order chi connectivity index (χ1) is 14.5. The van der Waals surface area contributed by atoms with Crippen LogP contribution in [0.4, 0.5) is 15.8 Å². The van der Waals surface area contributed by atoms with Gasteiger partial charge in [0.1, 0.15) is 11.5 Å². The van der Waals surface area contributed by atoms with Gasteiger partial charge < -0.3 is 4.57 Å². The largest absolute Gasteiger partial charge is 0.313 e. The van der Waals surface area contributed by atoms with Gasteiger partial charge in [-0.1, -0.05) is 38.8 Å². The fraction of sp³-hybridized carbons (Fsp3) is 0.348. The Balaban J connectivity index is 1.88. The zero-order valence-corrected chi connectivity index (χ0v) is 17.8. The number of rotatable bonds is 4. The first-order valence-electron chi connectivity index (χ1n) is 10.2. The van der Waals surface area contributed by atoms with E-state index in [0.717, 1.165) is 28.9 Å². The molecule has 30 heavy (non-hydrogen) atoms. The Kier molecular flexibility index (Phi) is 5.81. The molecule has 0 N–H and O–H groups in total. The molecular weight excluding hydrogens is 401 g/mol. The van der Waals surface area contributed by atoms with Gasteiger partial charge in [-0.15, -0.1) is 11.3 Å². The number of nitro benzene ring substituents is 1. The van der Waals surface area contributed by atoms with Gasteiger partial charge in [0.25, 0.3) is 5.69 Å². The SMILES string of the molecule is CC1CCCC(n2c(-c3ccc([N+](=O)[O-])cc3)csc2=Nc2ccccc2F)C1C. The minimum atomic E-state index is -0.394. The smallest absolute Gasteiger partial charge is 0.269 e. The molecule has 1 aliphatic rings. The van der Waals surface area contributed by atoms with Crippen LogP contribution in [0.15, 0.2) is 58.9 Å². The maximum Gasteiger partial charge on any atom is 0.269 e. The van der Waals surface area contributed by atoms with Crippen molar-refractivity contribution in [2.45, 2.75) is 39.2 Å². The van der Waals surface area contributed by atoms with Gasteiger partial charge in [0, 0.05) is 23.6 Å². The average molecular weight is 426 g/mol. The second-order valence-electron chi connectivity index (χ2n) is 7.98. The molecule has 7 heteroatoms. The molecule has 0 saturated heterocycles. The molecule has 1 saturated carbocycles. The first kappa shape index (κ1) is 20.5. The number of halogens is 1. The molecule has 156 valence electrons. The van der Waals surface area contributed by atoms with Gasteiger partial charge in [0.2, 0.25) is 0 Å². The van der Waals surface area contributed by atoms with Crippen LogP contribution in [0.1, 0.15) is 39.2 Å². The molecule has 1 heterocycles. The molecule has 1 aromatic heterocycles. The topological polar surface area (TPSA) is 60.4 Å². The Morgan fingerprint density at radius 1 is 1.13 bits per heavy atom. The molecule has 0 amide bonds. The van der Waals surface area contributed by atoms with Crippen molar-refractivity contribution in [3.8, 4) is 11.3 Å². The molecule has 0 aliphatic heterocycles. The molecule has 0 radical (unpaired) electrons. The second-order valence-corrected chi connectivity index (χ2v) is 8.81. The fourth-order valence-corrected chi connectivity index (χ4v) is 5.22. The number of thiazole rings is 1. The maximum absolute atomic E-state index is 14.3. The number of non-ortho nitro benzene ring substituents is 1. The summed E-state index contributed by atoms with van der Waals surface area (Å²) >= 11 is 1.48. The summed E-state index contributed by atoms with van der Waals surface area (Å²) in [5.74, 6) is 0.686. The average Bonchev–Trinajstić information content (AvgIpc) is 3.15. The van der Waals surface area contributed by atoms with Crippen molar-refractivity contribution in [1.82, 2.24) is 4.57 Å². The summed E-state index contributed by atoms with van der Waals surface area (Å²) in [5.41, 5.74) is 2.25. The minimum Gasteiger partial charge on any atom is -0.313 e. The number of nitro groups is 1. The van der Waals surface area contributed by atoms with E-state index in [2.05, 4.69) is 23.4 Å². The predicted octanol–water partition coefficient (Wildman–Crippen LogP) is 6.49. The second kappa shape index (κ2) is 8.52. The van der Waals surface area contributed by atoms with Crippen LogP contribution in [0.2, 0.25) is 0 Å². The van der Waals surface area contributed by atoms with E-state index in [1.807, 2.05) is 5.38 Å². The van der Waals surface area contributed by atoms with Gasteiger partial charge in [0.05, 0.1) is 10.6 Å². The van der Waals surface area contributed by atoms with Crippen molar-refractivity contribution in [2.24, 2.45) is 16.8 Å². The molecule has 1 aliphatic carbocycles. The Labute approximate surface area is 178 Å². The Morgan fingerprint density at radius 3 is 2.57 bits per heavy atom. The summed E-state index contributed by atoms with van der Waals surface area (Å²) in [6.07, 6.45) is 3.37. The molecule has 0 bridgehead atoms. The van der Waals surface area contributed by atoms with E-state index in [-0.39, 0.29) is 17.5 Å². The Hall–Kier alpha value is -2.80. The van der Waals surface area contributed by atoms with Crippen LogP contribution in [-0.2, 0) is 0 Å². The molecule has 3 unspecified atom stereocenters. The van der Waals surface area contributed by atoms with Crippen molar-refractivity contribution in [3.63, 3.8) is 0 Å². The van der Waals surface area contributed by atoms with Gasteiger partial charge in [-0.2, -0.15) is 0 Å². The van der Waals surface area contributed by atoms with Crippen molar-refractivity contribution in [3.05, 3.63) is 74.6 Å². The predicted molar refractivity (Wildman–Crippen MR) is 117 cm³/mol. The van der Waals surface area contributed by atoms with E-state index in [9.17, 15) is 14.5 Å². The van der Waals surface area contributed by atoms with Crippen LogP contribution in [0.25, 0.3) is 11.3 Å². The molecule has 0 spiro atoms. The van der Waals surface area contributed by atoms with Crippen LogP contribution in [0.5, 0.6) is 0 Å². The van der Waals surface area contributed by atoms with E-state index >= 15 is 0 Å². The van der Waals surface area contributed by atoms with Gasteiger partial charge >= 0.3 is 0 Å². The van der Waals surface area contributed by atoms with E-state index in [1.165, 1.54) is 36.0 Å². The zero-order chi connectivity index (χ0) is 21.3. The number of para-hydroxylation sites is 1. The lowest BCUT2D eigenvalue weighted by atomic mass is 9.78. The summed E-state index contributed by atoms with van der Waals surface area (Å²) in [7, 11) is 0. The highest BCUT2D eigenvalue weighted by molar-refractivity contribution is 7.07. The van der Waals surface area contributed by atoms with Crippen LogP contribution >= 0.6 is 11.3 Å². The van der Waals surface area contributed by atoms with E-state index < -0.39 is 4.92 Å². The quantitative estimate of drug-likeness (QED) is 0.354. The molecular formula is C23H24FN3O2S. The van der Waals surface area contributed by atoms with Crippen LogP contribution in [0.3, 0.4) is 0 Å². The number of benzene rings is 2. The molecule has 1 fully saturated rings. The maximum atomic E-state index is 14.3. The molecule has 4 rings (SSSR count). The van der Waals surface area contributed by atoms with E-state index in [0.29, 0.717) is 17.5 Å². The number of aromatic nitrogens is 1. The molecule has 3 aromatic rings. The lowest BCUT2D eigenvalue weighted by Crippen LogP contribution is -2.32. The van der Waals surface area contributed by atoms with E-state index in [1.54, 1.807) is 30.3 Å². The number of hydrogen-bond donors (Lipinski definition) is 0. The van der Waals surface area contributed by atoms with Crippen LogP contribution < -0.4 is 4.80 Å². The molecule has 5 nitrogen and oxygen atoms in total. The van der Waals surface area contributed by atoms with Crippen LogP contribution in [-0.4, -0.2) is 9.49 Å². The van der Waals surface area contributed by atoms with Gasteiger partial charge in [-0.3, -0.25) is 10.1 Å². The lowest BCUT2D eigenvalue weighted by Gasteiger charge is -2.36. The Morgan fingerprint density at radius 2 is 1.87 bits per heavy atom. The van der Waals surface area contributed by atoms with Crippen LogP contribution in [0, 0.1) is 27.8 Å². The summed E-state index contributed by atoms with van der Waals surface area (Å²) in [5, 5.41) is 13.1. The summed E-state index contributed by atoms with van der Waals surface area (Å²) in [6.45, 7) is 4.55. The number of nitrogens with zero attached hydrogens (tertiary/aromatic N) is 3. The van der Waals surface area contributed by atoms with Crippen molar-refractivity contribution in [1.29, 1.82) is 0 Å². The van der Waals surface area contributed by atoms with Gasteiger partial charge in [0.15, 0.2) is 4.80 Å². The highest BCUT2D eigenvalue weighted by Gasteiger charge is 2.30. The summed E-state index contributed by atoms with van der Waals surface area (Å²) in [4.78, 5) is 16.1. The van der Waals surface area contributed by atoms with Crippen molar-refractivity contribution < 1.29 is 9.31 Å². The van der Waals surface area contributed by atoms with Crippen molar-refractivity contribution in [2.75, 3.05) is 0 Å². The summed E-state index contributed by atoms with van der Waals surface area (Å²) in [6, 6.07) is 13.4. The van der Waals surface area contributed by atoms with E-state index in [4.69, 9.17) is 0 Å². The first-order valence-corrected chi connectivity index (χ1v) is 11.1. The Bertz CT molecular complexity index is 1120. The summed E-state index contributed by atoms with van der Waals surface area (Å²) < 4.78 is 16.5. The third-order valence-electron chi connectivity index (χ3n) is 6.18. The zero-order valence-electron chi connectivity index (χ0n) is 17.0. The number of hydrogen-bond acceptors (Lipinski definition) is 4. The van der Waals surface area contributed by atoms with Gasteiger partial charge in [-0.05, 0) is 48.1 Å². The molecule has 3 atom stereocenters. The van der Waals surface area contributed by atoms with Gasteiger partial charge in [-0.25, -0.2) is 9.38 Å². The fourth-order valence-electron chi connectivity index (χ4n) is 4.25. The molecule has 2 aromatic carbocycles. The monoisotopic (exact) mass is 425 g/mol. The highest BCUT2D eigenvalue weighted by atomic mass is 32.1. The third-order valence-corrected chi connectivity index (χ3v) is 7.02. The normalized spacial score (nSPS) is 22.2.